The van der Waals surface area contributed by atoms with Crippen molar-refractivity contribution in [3.8, 4) is 17.5 Å². The molecule has 20 heavy (non-hydrogen) atoms. The predicted octanol–water partition coefficient (Wildman–Crippen LogP) is 2.99. The van der Waals surface area contributed by atoms with E-state index in [0.717, 1.165) is 29.8 Å². The second-order valence-corrected chi connectivity index (χ2v) is 5.30. The van der Waals surface area contributed by atoms with Gasteiger partial charge in [-0.3, -0.25) is 0 Å². The smallest absolute Gasteiger partial charge is 0.186 e. The Morgan fingerprint density at radius 1 is 1.45 bits per heavy atom. The molecule has 5 nitrogen and oxygen atoms in total. The molecule has 0 radical (unpaired) electrons. The SMILES string of the molecule is COc1cc(Cl)c(C)cc1-n1nnc(C#N)c1C1CC1. The summed E-state index contributed by atoms with van der Waals surface area (Å²) in [6, 6.07) is 5.78. The van der Waals surface area contributed by atoms with Crippen LogP contribution in [0.2, 0.25) is 5.02 Å². The van der Waals surface area contributed by atoms with Gasteiger partial charge in [-0.25, -0.2) is 4.68 Å². The maximum absolute atomic E-state index is 9.16. The molecule has 1 aromatic heterocycles. The minimum Gasteiger partial charge on any atom is -0.494 e. The monoisotopic (exact) mass is 288 g/mol. The third kappa shape index (κ3) is 2.02. The molecule has 102 valence electrons. The number of ether oxygens (including phenoxy) is 1. The Morgan fingerprint density at radius 2 is 2.20 bits per heavy atom. The van der Waals surface area contributed by atoms with Crippen molar-refractivity contribution in [3.05, 3.63) is 34.1 Å². The van der Waals surface area contributed by atoms with E-state index in [9.17, 15) is 0 Å². The normalized spacial score (nSPS) is 14.1. The molecule has 3 rings (SSSR count). The number of halogens is 1. The van der Waals surface area contributed by atoms with Gasteiger partial charge in [0.05, 0.1) is 12.8 Å². The average molecular weight is 289 g/mol. The van der Waals surface area contributed by atoms with Crippen LogP contribution in [0.3, 0.4) is 0 Å². The highest BCUT2D eigenvalue weighted by Crippen LogP contribution is 2.43. The van der Waals surface area contributed by atoms with Crippen molar-refractivity contribution in [2.45, 2.75) is 25.7 Å². The molecule has 1 heterocycles. The lowest BCUT2D eigenvalue weighted by atomic mass is 10.1. The first-order chi connectivity index (χ1) is 9.65. The molecule has 0 N–H and O–H groups in total. The average Bonchev–Trinajstić information content (AvgIpc) is 3.20. The molecule has 0 spiro atoms. The largest absolute Gasteiger partial charge is 0.494 e. The summed E-state index contributed by atoms with van der Waals surface area (Å²) in [5.41, 5.74) is 2.96. The van der Waals surface area contributed by atoms with Gasteiger partial charge >= 0.3 is 0 Å². The molecule has 0 atom stereocenters. The van der Waals surface area contributed by atoms with Crippen LogP contribution >= 0.6 is 11.6 Å². The molecule has 0 saturated heterocycles. The Bertz CT molecular complexity index is 713. The first-order valence-electron chi connectivity index (χ1n) is 6.36. The standard InChI is InChI=1S/C14H13ClN4O/c1-8-5-12(13(20-2)6-10(8)15)19-14(9-3-4-9)11(7-16)17-18-19/h5-6,9H,3-4H2,1-2H3. The molecular weight excluding hydrogens is 276 g/mol. The van der Waals surface area contributed by atoms with Crippen molar-refractivity contribution < 1.29 is 4.74 Å². The van der Waals surface area contributed by atoms with Gasteiger partial charge in [-0.1, -0.05) is 16.8 Å². The van der Waals surface area contributed by atoms with Gasteiger partial charge in [0.1, 0.15) is 17.5 Å². The second kappa shape index (κ2) is 4.80. The highest BCUT2D eigenvalue weighted by Gasteiger charge is 2.32. The van der Waals surface area contributed by atoms with E-state index >= 15 is 0 Å². The summed E-state index contributed by atoms with van der Waals surface area (Å²) in [5.74, 6) is 0.984. The Hall–Kier alpha value is -2.06. The number of hydrogen-bond donors (Lipinski definition) is 0. The molecule has 0 amide bonds. The van der Waals surface area contributed by atoms with Crippen molar-refractivity contribution in [2.24, 2.45) is 0 Å². The quantitative estimate of drug-likeness (QED) is 0.871. The molecule has 0 unspecified atom stereocenters. The van der Waals surface area contributed by atoms with Crippen LogP contribution in [0.1, 0.15) is 35.7 Å². The van der Waals surface area contributed by atoms with Gasteiger partial charge in [-0.05, 0) is 31.4 Å². The van der Waals surface area contributed by atoms with Crippen LogP contribution in [0.25, 0.3) is 5.69 Å². The molecule has 6 heteroatoms. The Kier molecular flexibility index (Phi) is 3.11. The number of aromatic nitrogens is 3. The van der Waals surface area contributed by atoms with Crippen LogP contribution in [0.5, 0.6) is 5.75 Å². The fourth-order valence-electron chi connectivity index (χ4n) is 2.25. The van der Waals surface area contributed by atoms with E-state index in [-0.39, 0.29) is 0 Å². The topological polar surface area (TPSA) is 63.7 Å². The van der Waals surface area contributed by atoms with E-state index in [1.165, 1.54) is 0 Å². The number of benzene rings is 1. The fraction of sp³-hybridized carbons (Fsp3) is 0.357. The van der Waals surface area contributed by atoms with E-state index in [4.69, 9.17) is 21.6 Å². The van der Waals surface area contributed by atoms with Crippen LogP contribution in [0.15, 0.2) is 12.1 Å². The maximum Gasteiger partial charge on any atom is 0.186 e. The van der Waals surface area contributed by atoms with Gasteiger partial charge in [-0.15, -0.1) is 5.10 Å². The first kappa shape index (κ1) is 12.9. The van der Waals surface area contributed by atoms with Crippen LogP contribution in [-0.2, 0) is 0 Å². The molecule has 2 aromatic rings. The second-order valence-electron chi connectivity index (χ2n) is 4.89. The van der Waals surface area contributed by atoms with Crippen molar-refractivity contribution in [1.82, 2.24) is 15.0 Å². The minimum absolute atomic E-state index is 0.361. The zero-order valence-electron chi connectivity index (χ0n) is 11.2. The summed E-state index contributed by atoms with van der Waals surface area (Å²) >= 11 is 6.12. The molecule has 0 aliphatic heterocycles. The first-order valence-corrected chi connectivity index (χ1v) is 6.73. The Balaban J connectivity index is 2.21. The third-order valence-corrected chi connectivity index (χ3v) is 3.87. The van der Waals surface area contributed by atoms with E-state index < -0.39 is 0 Å². The van der Waals surface area contributed by atoms with E-state index in [0.29, 0.717) is 22.4 Å². The molecule has 1 aromatic carbocycles. The lowest BCUT2D eigenvalue weighted by molar-refractivity contribution is 0.411. The van der Waals surface area contributed by atoms with Crippen molar-refractivity contribution in [2.75, 3.05) is 7.11 Å². The van der Waals surface area contributed by atoms with Gasteiger partial charge in [0.15, 0.2) is 5.69 Å². The van der Waals surface area contributed by atoms with E-state index in [1.807, 2.05) is 13.0 Å². The number of nitriles is 1. The molecule has 1 aliphatic rings. The van der Waals surface area contributed by atoms with Crippen LogP contribution < -0.4 is 4.74 Å². The predicted molar refractivity (Wildman–Crippen MR) is 74.3 cm³/mol. The lowest BCUT2D eigenvalue weighted by Crippen LogP contribution is -2.05. The number of rotatable bonds is 3. The van der Waals surface area contributed by atoms with E-state index in [2.05, 4.69) is 16.4 Å². The number of aryl methyl sites for hydroxylation is 1. The molecule has 1 fully saturated rings. The Labute approximate surface area is 121 Å². The molecule has 1 aliphatic carbocycles. The summed E-state index contributed by atoms with van der Waals surface area (Å²) in [6.07, 6.45) is 2.13. The summed E-state index contributed by atoms with van der Waals surface area (Å²) in [6.45, 7) is 1.92. The summed E-state index contributed by atoms with van der Waals surface area (Å²) < 4.78 is 7.08. The summed E-state index contributed by atoms with van der Waals surface area (Å²) in [4.78, 5) is 0. The van der Waals surface area contributed by atoms with Crippen molar-refractivity contribution >= 4 is 11.6 Å². The molecule has 0 bridgehead atoms. The summed E-state index contributed by atoms with van der Waals surface area (Å²) in [7, 11) is 1.59. The van der Waals surface area contributed by atoms with Gasteiger partial charge in [0.25, 0.3) is 0 Å². The highest BCUT2D eigenvalue weighted by atomic mass is 35.5. The fourth-order valence-corrected chi connectivity index (χ4v) is 2.40. The zero-order chi connectivity index (χ0) is 14.3. The van der Waals surface area contributed by atoms with Gasteiger partial charge in [-0.2, -0.15) is 5.26 Å². The van der Waals surface area contributed by atoms with Gasteiger partial charge in [0.2, 0.25) is 0 Å². The van der Waals surface area contributed by atoms with Gasteiger partial charge in [0, 0.05) is 17.0 Å². The van der Waals surface area contributed by atoms with Crippen molar-refractivity contribution in [3.63, 3.8) is 0 Å². The maximum atomic E-state index is 9.16. The van der Waals surface area contributed by atoms with Crippen molar-refractivity contribution in [1.29, 1.82) is 5.26 Å². The third-order valence-electron chi connectivity index (χ3n) is 3.46. The summed E-state index contributed by atoms with van der Waals surface area (Å²) in [5, 5.41) is 17.9. The number of methoxy groups -OCH3 is 1. The minimum atomic E-state index is 0.361. The molecule has 1 saturated carbocycles. The lowest BCUT2D eigenvalue weighted by Gasteiger charge is -2.12. The van der Waals surface area contributed by atoms with Crippen LogP contribution in [0.4, 0.5) is 0 Å². The van der Waals surface area contributed by atoms with E-state index in [1.54, 1.807) is 17.9 Å². The molecular formula is C14H13ClN4O. The Morgan fingerprint density at radius 3 is 2.80 bits per heavy atom. The zero-order valence-corrected chi connectivity index (χ0v) is 12.0. The van der Waals surface area contributed by atoms with Crippen LogP contribution in [0, 0.1) is 18.3 Å². The van der Waals surface area contributed by atoms with Gasteiger partial charge < -0.3 is 4.74 Å². The number of nitrogens with zero attached hydrogens (tertiary/aromatic N) is 4. The van der Waals surface area contributed by atoms with Crippen LogP contribution in [-0.4, -0.2) is 22.1 Å². The highest BCUT2D eigenvalue weighted by molar-refractivity contribution is 6.31. The number of hydrogen-bond acceptors (Lipinski definition) is 4.